The Hall–Kier alpha value is -3.14. The molecule has 0 aromatic heterocycles. The van der Waals surface area contributed by atoms with Gasteiger partial charge < -0.3 is 11.1 Å². The van der Waals surface area contributed by atoms with Crippen LogP contribution in [0.4, 0.5) is 27.1 Å². The first-order valence-electron chi connectivity index (χ1n) is 5.52. The van der Waals surface area contributed by atoms with Crippen LogP contribution in [-0.2, 0) is 0 Å². The number of hydrogen-bond acceptors (Lipinski definition) is 5. The number of nitriles is 1. The molecule has 0 atom stereocenters. The molecule has 100 valence electrons. The van der Waals surface area contributed by atoms with Crippen molar-refractivity contribution in [1.82, 2.24) is 0 Å². The van der Waals surface area contributed by atoms with E-state index in [0.717, 1.165) is 6.07 Å². The average molecular weight is 272 g/mol. The zero-order valence-electron chi connectivity index (χ0n) is 10.1. The summed E-state index contributed by atoms with van der Waals surface area (Å²) in [6.07, 6.45) is 0. The van der Waals surface area contributed by atoms with Gasteiger partial charge in [-0.05, 0) is 30.3 Å². The minimum Gasteiger partial charge on any atom is -0.393 e. The quantitative estimate of drug-likeness (QED) is 0.507. The van der Waals surface area contributed by atoms with E-state index in [1.165, 1.54) is 24.3 Å². The van der Waals surface area contributed by atoms with Crippen LogP contribution in [0.25, 0.3) is 0 Å². The molecule has 0 aliphatic heterocycles. The van der Waals surface area contributed by atoms with Crippen LogP contribution in [0.3, 0.4) is 0 Å². The number of nitrogens with zero attached hydrogens (tertiary/aromatic N) is 2. The highest BCUT2D eigenvalue weighted by molar-refractivity contribution is 5.78. The minimum atomic E-state index is -0.653. The zero-order valence-corrected chi connectivity index (χ0v) is 10.1. The maximum Gasteiger partial charge on any atom is 0.315 e. The van der Waals surface area contributed by atoms with E-state index in [1.54, 1.807) is 12.1 Å². The Kier molecular flexibility index (Phi) is 3.48. The summed E-state index contributed by atoms with van der Waals surface area (Å²) in [4.78, 5) is 10.4. The molecule has 0 saturated heterocycles. The summed E-state index contributed by atoms with van der Waals surface area (Å²) < 4.78 is 13.2. The standard InChI is InChI=1S/C13H9FN4O2/c14-10-5-4-9(6-8(10)7-15)17-12-3-1-2-11(16)13(12)18(19)20/h1-6,17H,16H2. The van der Waals surface area contributed by atoms with Gasteiger partial charge in [-0.25, -0.2) is 4.39 Å². The van der Waals surface area contributed by atoms with E-state index >= 15 is 0 Å². The van der Waals surface area contributed by atoms with Crippen LogP contribution in [0.1, 0.15) is 5.56 Å². The predicted molar refractivity (Wildman–Crippen MR) is 71.9 cm³/mol. The maximum atomic E-state index is 13.2. The van der Waals surface area contributed by atoms with E-state index in [9.17, 15) is 14.5 Å². The fourth-order valence-electron chi connectivity index (χ4n) is 1.71. The summed E-state index contributed by atoms with van der Waals surface area (Å²) in [5.41, 5.74) is 5.69. The fourth-order valence-corrected chi connectivity index (χ4v) is 1.71. The third-order valence-electron chi connectivity index (χ3n) is 2.62. The molecule has 20 heavy (non-hydrogen) atoms. The molecule has 0 aliphatic carbocycles. The van der Waals surface area contributed by atoms with Crippen molar-refractivity contribution in [3.05, 3.63) is 57.9 Å². The van der Waals surface area contributed by atoms with Crippen molar-refractivity contribution in [3.8, 4) is 6.07 Å². The first-order chi connectivity index (χ1) is 9.52. The number of rotatable bonds is 3. The Bertz CT molecular complexity index is 725. The number of nitro groups is 1. The van der Waals surface area contributed by atoms with Crippen LogP contribution < -0.4 is 11.1 Å². The van der Waals surface area contributed by atoms with Crippen molar-refractivity contribution in [2.75, 3.05) is 11.1 Å². The number of nitrogen functional groups attached to an aromatic ring is 1. The first-order valence-corrected chi connectivity index (χ1v) is 5.52. The Morgan fingerprint density at radius 1 is 1.35 bits per heavy atom. The molecule has 0 fully saturated rings. The molecule has 0 heterocycles. The highest BCUT2D eigenvalue weighted by Crippen LogP contribution is 2.32. The third kappa shape index (κ3) is 2.49. The minimum absolute atomic E-state index is 0.0163. The van der Waals surface area contributed by atoms with Gasteiger partial charge in [0.15, 0.2) is 0 Å². The number of halogens is 1. The molecule has 0 aliphatic rings. The molecule has 0 saturated carbocycles. The smallest absolute Gasteiger partial charge is 0.315 e. The maximum absolute atomic E-state index is 13.2. The Morgan fingerprint density at radius 3 is 2.75 bits per heavy atom. The van der Waals surface area contributed by atoms with Crippen LogP contribution in [0.2, 0.25) is 0 Å². The lowest BCUT2D eigenvalue weighted by Gasteiger charge is -2.08. The molecular formula is C13H9FN4O2. The van der Waals surface area contributed by atoms with E-state index in [2.05, 4.69) is 5.32 Å². The SMILES string of the molecule is N#Cc1cc(Nc2cccc(N)c2[N+](=O)[O-])ccc1F. The average Bonchev–Trinajstić information content (AvgIpc) is 2.40. The van der Waals surface area contributed by atoms with Crippen molar-refractivity contribution in [1.29, 1.82) is 5.26 Å². The van der Waals surface area contributed by atoms with Crippen molar-refractivity contribution in [3.63, 3.8) is 0 Å². The summed E-state index contributed by atoms with van der Waals surface area (Å²) in [5.74, 6) is -0.653. The van der Waals surface area contributed by atoms with Crippen molar-refractivity contribution >= 4 is 22.7 Å². The first kappa shape index (κ1) is 13.3. The van der Waals surface area contributed by atoms with Gasteiger partial charge in [0.2, 0.25) is 0 Å². The summed E-state index contributed by atoms with van der Waals surface area (Å²) in [6, 6.07) is 9.89. The van der Waals surface area contributed by atoms with Crippen molar-refractivity contribution in [2.24, 2.45) is 0 Å². The number of benzene rings is 2. The van der Waals surface area contributed by atoms with E-state index < -0.39 is 10.7 Å². The lowest BCUT2D eigenvalue weighted by atomic mass is 10.2. The van der Waals surface area contributed by atoms with E-state index in [-0.39, 0.29) is 22.6 Å². The van der Waals surface area contributed by atoms with Gasteiger partial charge >= 0.3 is 5.69 Å². The summed E-state index contributed by atoms with van der Waals surface area (Å²) in [7, 11) is 0. The normalized spacial score (nSPS) is 9.80. The van der Waals surface area contributed by atoms with E-state index in [0.29, 0.717) is 5.69 Å². The van der Waals surface area contributed by atoms with Gasteiger partial charge in [-0.15, -0.1) is 0 Å². The zero-order chi connectivity index (χ0) is 14.7. The number of para-hydroxylation sites is 1. The van der Waals surface area contributed by atoms with Crippen LogP contribution >= 0.6 is 0 Å². The number of nitrogens with one attached hydrogen (secondary N) is 1. The van der Waals surface area contributed by atoms with Crippen molar-refractivity contribution in [2.45, 2.75) is 0 Å². The van der Waals surface area contributed by atoms with Gasteiger partial charge in [0.1, 0.15) is 23.3 Å². The number of anilines is 3. The van der Waals surface area contributed by atoms with Gasteiger partial charge in [-0.2, -0.15) is 5.26 Å². The van der Waals surface area contributed by atoms with E-state index in [1.807, 2.05) is 0 Å². The highest BCUT2D eigenvalue weighted by atomic mass is 19.1. The molecule has 2 rings (SSSR count). The summed E-state index contributed by atoms with van der Waals surface area (Å²) >= 11 is 0. The van der Waals surface area contributed by atoms with Crippen molar-refractivity contribution < 1.29 is 9.31 Å². The number of hydrogen-bond donors (Lipinski definition) is 2. The lowest BCUT2D eigenvalue weighted by Crippen LogP contribution is -2.01. The largest absolute Gasteiger partial charge is 0.393 e. The third-order valence-corrected chi connectivity index (χ3v) is 2.62. The Morgan fingerprint density at radius 2 is 2.10 bits per heavy atom. The van der Waals surface area contributed by atoms with Crippen LogP contribution in [0.15, 0.2) is 36.4 Å². The van der Waals surface area contributed by atoms with Gasteiger partial charge in [-0.1, -0.05) is 6.07 Å². The number of nitro benzene ring substituents is 1. The molecule has 0 spiro atoms. The molecule has 0 radical (unpaired) electrons. The van der Waals surface area contributed by atoms with Crippen LogP contribution in [0.5, 0.6) is 0 Å². The Labute approximate surface area is 113 Å². The molecule has 3 N–H and O–H groups in total. The molecule has 0 unspecified atom stereocenters. The van der Waals surface area contributed by atoms with Gasteiger partial charge in [0.25, 0.3) is 0 Å². The fraction of sp³-hybridized carbons (Fsp3) is 0. The second-order valence-electron chi connectivity index (χ2n) is 3.93. The summed E-state index contributed by atoms with van der Waals surface area (Å²) in [6.45, 7) is 0. The molecule has 7 heteroatoms. The monoisotopic (exact) mass is 272 g/mol. The molecule has 2 aromatic carbocycles. The van der Waals surface area contributed by atoms with Gasteiger partial charge in [0.05, 0.1) is 10.5 Å². The van der Waals surface area contributed by atoms with Crippen LogP contribution in [0, 0.1) is 27.3 Å². The second kappa shape index (κ2) is 5.24. The van der Waals surface area contributed by atoms with Crippen LogP contribution in [-0.4, -0.2) is 4.92 Å². The topological polar surface area (TPSA) is 105 Å². The molecular weight excluding hydrogens is 263 g/mol. The highest BCUT2D eigenvalue weighted by Gasteiger charge is 2.17. The number of nitrogens with two attached hydrogens (primary N) is 1. The predicted octanol–water partition coefficient (Wildman–Crippen LogP) is 2.93. The molecule has 6 nitrogen and oxygen atoms in total. The molecule has 0 bridgehead atoms. The molecule has 0 amide bonds. The Balaban J connectivity index is 2.43. The van der Waals surface area contributed by atoms with E-state index in [4.69, 9.17) is 11.0 Å². The van der Waals surface area contributed by atoms with Gasteiger partial charge in [0, 0.05) is 5.69 Å². The lowest BCUT2D eigenvalue weighted by molar-refractivity contribution is -0.383. The molecule has 2 aromatic rings. The summed E-state index contributed by atoms with van der Waals surface area (Å²) in [5, 5.41) is 22.5. The van der Waals surface area contributed by atoms with Gasteiger partial charge in [-0.3, -0.25) is 10.1 Å². The second-order valence-corrected chi connectivity index (χ2v) is 3.93.